The van der Waals surface area contributed by atoms with E-state index in [-0.39, 0.29) is 18.2 Å². The van der Waals surface area contributed by atoms with Gasteiger partial charge in [0.15, 0.2) is 23.2 Å². The van der Waals surface area contributed by atoms with Gasteiger partial charge < -0.3 is 25.4 Å². The number of aliphatic hydroxyl groups excluding tert-OH is 3. The Labute approximate surface area is 189 Å². The minimum Gasteiger partial charge on any atom is -0.390 e. The molecule has 1 saturated heterocycles. The molecule has 5 rings (SSSR count). The molecule has 1 aromatic carbocycles. The van der Waals surface area contributed by atoms with Crippen molar-refractivity contribution in [1.29, 1.82) is 0 Å². The summed E-state index contributed by atoms with van der Waals surface area (Å²) in [4.78, 5) is 12.9. The Morgan fingerprint density at radius 1 is 1.15 bits per heavy atom. The van der Waals surface area contributed by atoms with Gasteiger partial charge in [-0.05, 0) is 17.5 Å². The molecule has 1 fully saturated rings. The Hall–Kier alpha value is -2.68. The molecule has 0 saturated carbocycles. The van der Waals surface area contributed by atoms with E-state index in [0.29, 0.717) is 23.4 Å². The maximum Gasteiger partial charge on any atom is 0.209 e. The lowest BCUT2D eigenvalue weighted by Gasteiger charge is -2.19. The second kappa shape index (κ2) is 8.27. The Morgan fingerprint density at radius 2 is 1.94 bits per heavy atom. The highest BCUT2D eigenvalue weighted by molar-refractivity contribution is 7.89. The molecule has 12 nitrogen and oxygen atoms in total. The van der Waals surface area contributed by atoms with Crippen LogP contribution < -0.4 is 10.5 Å². The summed E-state index contributed by atoms with van der Waals surface area (Å²) in [5, 5.41) is 39.7. The number of hydrogen-bond acceptors (Lipinski definition) is 10. The number of fused-ring (bicyclic) bond motifs is 2. The zero-order valence-corrected chi connectivity index (χ0v) is 18.2. The number of aliphatic hydroxyl groups is 3. The lowest BCUT2D eigenvalue weighted by Crippen LogP contribution is -2.33. The summed E-state index contributed by atoms with van der Waals surface area (Å²) in [6.07, 6.45) is -2.04. The largest absolute Gasteiger partial charge is 0.390 e. The SMILES string of the molecule is NS(=O)(=O)CC[C@H]1O[C@@H](n2cnc3c(N[C@@H]4c5ccccc5C[C@@H]4O)ncnc32)[C@H](O)[C@H]1O. The van der Waals surface area contributed by atoms with Crippen molar-refractivity contribution < 1.29 is 28.5 Å². The molecule has 0 unspecified atom stereocenters. The zero-order valence-electron chi connectivity index (χ0n) is 17.4. The minimum atomic E-state index is -3.74. The van der Waals surface area contributed by atoms with Gasteiger partial charge in [0, 0.05) is 6.42 Å². The van der Waals surface area contributed by atoms with Gasteiger partial charge in [0.1, 0.15) is 18.5 Å². The number of anilines is 1. The van der Waals surface area contributed by atoms with E-state index in [2.05, 4.69) is 20.3 Å². The number of aromatic nitrogens is 4. The van der Waals surface area contributed by atoms with Crippen molar-refractivity contribution in [3.8, 4) is 0 Å². The lowest BCUT2D eigenvalue weighted by atomic mass is 10.1. The summed E-state index contributed by atoms with van der Waals surface area (Å²) >= 11 is 0. The Balaban J connectivity index is 1.41. The first kappa shape index (κ1) is 22.1. The van der Waals surface area contributed by atoms with Crippen LogP contribution in [-0.2, 0) is 21.2 Å². The molecule has 0 spiro atoms. The average Bonchev–Trinajstić information content (AvgIpc) is 3.42. The quantitative estimate of drug-likeness (QED) is 0.301. The molecule has 0 amide bonds. The highest BCUT2D eigenvalue weighted by Crippen LogP contribution is 2.36. The van der Waals surface area contributed by atoms with E-state index in [1.165, 1.54) is 17.2 Å². The molecule has 1 aliphatic heterocycles. The fraction of sp³-hybridized carbons (Fsp3) is 0.450. The van der Waals surface area contributed by atoms with Gasteiger partial charge in [-0.15, -0.1) is 0 Å². The van der Waals surface area contributed by atoms with Crippen LogP contribution in [0.1, 0.15) is 29.8 Å². The molecule has 2 aliphatic rings. The van der Waals surface area contributed by atoms with E-state index in [1.807, 2.05) is 24.3 Å². The van der Waals surface area contributed by atoms with Gasteiger partial charge in [0.2, 0.25) is 10.0 Å². The molecule has 13 heteroatoms. The lowest BCUT2D eigenvalue weighted by molar-refractivity contribution is -0.0353. The normalized spacial score (nSPS) is 29.5. The molecule has 3 aromatic rings. The maximum absolute atomic E-state index is 11.3. The number of nitrogens with one attached hydrogen (secondary N) is 1. The summed E-state index contributed by atoms with van der Waals surface area (Å²) in [7, 11) is -3.74. The van der Waals surface area contributed by atoms with Gasteiger partial charge in [0.05, 0.1) is 30.3 Å². The van der Waals surface area contributed by atoms with Crippen molar-refractivity contribution in [3.05, 3.63) is 48.0 Å². The molecule has 3 heterocycles. The summed E-state index contributed by atoms with van der Waals surface area (Å²) in [5.74, 6) is 0.0126. The first-order chi connectivity index (χ1) is 15.7. The fourth-order valence-electron chi connectivity index (χ4n) is 4.52. The Kier molecular flexibility index (Phi) is 5.55. The minimum absolute atomic E-state index is 0.0685. The highest BCUT2D eigenvalue weighted by atomic mass is 32.2. The van der Waals surface area contributed by atoms with Gasteiger partial charge >= 0.3 is 0 Å². The van der Waals surface area contributed by atoms with E-state index in [1.54, 1.807) is 0 Å². The standard InChI is InChI=1S/C20H24N6O6S/c21-33(30,31)6-5-13-16(28)17(29)20(32-13)26-9-24-15-18(22-8-23-19(15)26)25-14-11-4-2-1-3-10(11)7-12(14)27/h1-4,8-9,12-14,16-17,20,27-29H,5-7H2,(H2,21,30,31)(H,22,23,25)/t12-,13+,14+,16-,17+,20+/m0/s1. The predicted octanol–water partition coefficient (Wildman–Crippen LogP) is -0.806. The second-order valence-corrected chi connectivity index (χ2v) is 10.1. The first-order valence-corrected chi connectivity index (χ1v) is 12.2. The van der Waals surface area contributed by atoms with Crippen molar-refractivity contribution >= 4 is 27.0 Å². The predicted molar refractivity (Wildman–Crippen MR) is 116 cm³/mol. The van der Waals surface area contributed by atoms with Crippen LogP contribution in [0, 0.1) is 0 Å². The van der Waals surface area contributed by atoms with Crippen LogP contribution in [0.3, 0.4) is 0 Å². The first-order valence-electron chi connectivity index (χ1n) is 10.4. The van der Waals surface area contributed by atoms with Crippen LogP contribution in [0.25, 0.3) is 11.2 Å². The van der Waals surface area contributed by atoms with Crippen LogP contribution in [0.4, 0.5) is 5.82 Å². The number of primary sulfonamides is 1. The van der Waals surface area contributed by atoms with Crippen LogP contribution >= 0.6 is 0 Å². The maximum atomic E-state index is 11.3. The molecular weight excluding hydrogens is 452 g/mol. The topological polar surface area (TPSA) is 186 Å². The van der Waals surface area contributed by atoms with Gasteiger partial charge in [-0.1, -0.05) is 24.3 Å². The smallest absolute Gasteiger partial charge is 0.209 e. The van der Waals surface area contributed by atoms with Gasteiger partial charge in [-0.2, -0.15) is 0 Å². The number of sulfonamides is 1. The van der Waals surface area contributed by atoms with E-state index in [0.717, 1.165) is 11.1 Å². The number of imidazole rings is 1. The molecule has 0 bridgehead atoms. The van der Waals surface area contributed by atoms with Crippen molar-refractivity contribution in [2.24, 2.45) is 5.14 Å². The van der Waals surface area contributed by atoms with Crippen molar-refractivity contribution in [3.63, 3.8) is 0 Å². The van der Waals surface area contributed by atoms with Crippen LogP contribution in [0.15, 0.2) is 36.9 Å². The molecule has 6 N–H and O–H groups in total. The number of hydrogen-bond donors (Lipinski definition) is 5. The monoisotopic (exact) mass is 476 g/mol. The van der Waals surface area contributed by atoms with Gasteiger partial charge in [-0.25, -0.2) is 28.5 Å². The Morgan fingerprint density at radius 3 is 2.73 bits per heavy atom. The van der Waals surface area contributed by atoms with Crippen LogP contribution in [-0.4, -0.2) is 73.4 Å². The number of ether oxygens (including phenoxy) is 1. The third-order valence-electron chi connectivity index (χ3n) is 6.15. The van der Waals surface area contributed by atoms with Crippen LogP contribution in [0.5, 0.6) is 0 Å². The van der Waals surface area contributed by atoms with Gasteiger partial charge in [0.25, 0.3) is 0 Å². The number of nitrogens with two attached hydrogens (primary N) is 1. The summed E-state index contributed by atoms with van der Waals surface area (Å²) < 4.78 is 29.7. The van der Waals surface area contributed by atoms with E-state index in [9.17, 15) is 23.7 Å². The van der Waals surface area contributed by atoms with E-state index < -0.39 is 40.7 Å². The molecule has 176 valence electrons. The summed E-state index contributed by atoms with van der Waals surface area (Å²) in [6.45, 7) is 0. The molecule has 2 aromatic heterocycles. The van der Waals surface area contributed by atoms with Gasteiger partial charge in [-0.3, -0.25) is 4.57 Å². The number of benzene rings is 1. The summed E-state index contributed by atoms with van der Waals surface area (Å²) in [6, 6.07) is 7.39. The third-order valence-corrected chi connectivity index (χ3v) is 6.96. The molecule has 33 heavy (non-hydrogen) atoms. The average molecular weight is 477 g/mol. The van der Waals surface area contributed by atoms with Crippen molar-refractivity contribution in [1.82, 2.24) is 19.5 Å². The van der Waals surface area contributed by atoms with Crippen LogP contribution in [0.2, 0.25) is 0 Å². The molecular formula is C20H24N6O6S. The van der Waals surface area contributed by atoms with E-state index >= 15 is 0 Å². The molecule has 0 radical (unpaired) electrons. The molecule has 1 aliphatic carbocycles. The number of rotatable bonds is 6. The van der Waals surface area contributed by atoms with E-state index in [4.69, 9.17) is 9.88 Å². The second-order valence-electron chi connectivity index (χ2n) is 8.34. The zero-order chi connectivity index (χ0) is 23.3. The highest BCUT2D eigenvalue weighted by Gasteiger charge is 2.44. The number of nitrogens with zero attached hydrogens (tertiary/aromatic N) is 4. The van der Waals surface area contributed by atoms with Crippen molar-refractivity contribution in [2.45, 2.75) is 49.5 Å². The fourth-order valence-corrected chi connectivity index (χ4v) is 5.08. The van der Waals surface area contributed by atoms with Crippen molar-refractivity contribution in [2.75, 3.05) is 11.1 Å². The molecule has 6 atom stereocenters. The Bertz CT molecular complexity index is 1280. The third kappa shape index (κ3) is 4.07. The summed E-state index contributed by atoms with van der Waals surface area (Å²) in [5.41, 5.74) is 2.77.